The first-order chi connectivity index (χ1) is 14.1. The molecule has 2 aliphatic rings. The van der Waals surface area contributed by atoms with E-state index in [-0.39, 0.29) is 5.56 Å². The van der Waals surface area contributed by atoms with Gasteiger partial charge in [-0.25, -0.2) is 4.98 Å². The van der Waals surface area contributed by atoms with Crippen LogP contribution < -0.4 is 10.5 Å². The van der Waals surface area contributed by atoms with Crippen LogP contribution in [0.5, 0.6) is 0 Å². The summed E-state index contributed by atoms with van der Waals surface area (Å²) < 4.78 is 1.95. The summed E-state index contributed by atoms with van der Waals surface area (Å²) in [6, 6.07) is 1.71. The number of nitrogens with zero attached hydrogens (tertiary/aromatic N) is 5. The molecule has 29 heavy (non-hydrogen) atoms. The van der Waals surface area contributed by atoms with Crippen LogP contribution in [0.3, 0.4) is 0 Å². The van der Waals surface area contributed by atoms with Gasteiger partial charge in [-0.05, 0) is 52.1 Å². The second kappa shape index (κ2) is 8.95. The van der Waals surface area contributed by atoms with Crippen molar-refractivity contribution in [3.63, 3.8) is 0 Å². The highest BCUT2D eigenvalue weighted by Gasteiger charge is 2.24. The van der Waals surface area contributed by atoms with E-state index in [0.29, 0.717) is 5.92 Å². The Bertz CT molecular complexity index is 887. The molecule has 0 bridgehead atoms. The van der Waals surface area contributed by atoms with Crippen molar-refractivity contribution < 1.29 is 0 Å². The summed E-state index contributed by atoms with van der Waals surface area (Å²) >= 11 is 0. The molecule has 0 saturated carbocycles. The number of nitrogens with one attached hydrogen (secondary N) is 1. The number of anilines is 1. The number of aryl methyl sites for hydroxylation is 1. The van der Waals surface area contributed by atoms with E-state index in [2.05, 4.69) is 39.6 Å². The number of piperidine rings is 2. The van der Waals surface area contributed by atoms with Gasteiger partial charge in [0.1, 0.15) is 0 Å². The van der Waals surface area contributed by atoms with E-state index in [4.69, 9.17) is 4.98 Å². The van der Waals surface area contributed by atoms with Gasteiger partial charge in [-0.1, -0.05) is 6.08 Å². The first kappa shape index (κ1) is 19.9. The van der Waals surface area contributed by atoms with Crippen LogP contribution in [0.2, 0.25) is 0 Å². The van der Waals surface area contributed by atoms with E-state index >= 15 is 0 Å². The molecule has 4 heterocycles. The van der Waals surface area contributed by atoms with E-state index in [1.165, 1.54) is 24.8 Å². The molecule has 156 valence electrons. The van der Waals surface area contributed by atoms with Crippen molar-refractivity contribution in [1.29, 1.82) is 0 Å². The Morgan fingerprint density at radius 1 is 1.21 bits per heavy atom. The maximum Gasteiger partial charge on any atom is 0.252 e. The molecule has 0 radical (unpaired) electrons. The molecule has 0 aliphatic carbocycles. The van der Waals surface area contributed by atoms with Crippen molar-refractivity contribution in [2.75, 3.05) is 31.1 Å². The van der Waals surface area contributed by atoms with Gasteiger partial charge in [0.25, 0.3) is 5.56 Å². The third kappa shape index (κ3) is 4.78. The first-order valence-electron chi connectivity index (χ1n) is 10.8. The van der Waals surface area contributed by atoms with Crippen molar-refractivity contribution in [3.05, 3.63) is 52.2 Å². The lowest BCUT2D eigenvalue weighted by Crippen LogP contribution is -2.35. The van der Waals surface area contributed by atoms with Gasteiger partial charge >= 0.3 is 0 Å². The van der Waals surface area contributed by atoms with Crippen molar-refractivity contribution in [1.82, 2.24) is 24.6 Å². The van der Waals surface area contributed by atoms with Gasteiger partial charge in [0, 0.05) is 43.4 Å². The monoisotopic (exact) mass is 396 g/mol. The Kier molecular flexibility index (Phi) is 6.13. The molecule has 7 nitrogen and oxygen atoms in total. The number of hydrogen-bond acceptors (Lipinski definition) is 5. The number of aromatic amines is 1. The molecule has 0 spiro atoms. The number of allylic oxidation sites excluding steroid dienone is 1. The molecule has 2 aliphatic heterocycles. The van der Waals surface area contributed by atoms with Crippen molar-refractivity contribution >= 4 is 5.95 Å². The molecular formula is C22H32N6O. The molecule has 0 amide bonds. The number of aromatic nitrogens is 4. The van der Waals surface area contributed by atoms with E-state index in [1.54, 1.807) is 6.07 Å². The normalized spacial score (nSPS) is 18.9. The number of likely N-dealkylation sites (tertiary alicyclic amines) is 1. The van der Waals surface area contributed by atoms with Crippen LogP contribution in [0, 0.1) is 6.92 Å². The largest absolute Gasteiger partial charge is 0.342 e. The number of hydrogen-bond donors (Lipinski definition) is 1. The SMILES string of the molecule is C=CCn1cc(CN2CCC(c3cc(=O)[nH]c(N4CCCCC4)n3)CC2)c(C)n1. The van der Waals surface area contributed by atoms with Crippen LogP contribution in [-0.4, -0.2) is 50.8 Å². The Morgan fingerprint density at radius 3 is 2.69 bits per heavy atom. The third-order valence-electron chi connectivity index (χ3n) is 6.17. The second-order valence-corrected chi connectivity index (χ2v) is 8.34. The molecule has 7 heteroatoms. The molecule has 2 saturated heterocycles. The molecule has 1 N–H and O–H groups in total. The van der Waals surface area contributed by atoms with E-state index in [1.807, 2.05) is 10.8 Å². The minimum atomic E-state index is -0.0248. The van der Waals surface area contributed by atoms with Crippen LogP contribution in [0.1, 0.15) is 55.0 Å². The summed E-state index contributed by atoms with van der Waals surface area (Å²) in [4.78, 5) is 24.8. The molecule has 0 aromatic carbocycles. The van der Waals surface area contributed by atoms with Crippen LogP contribution in [0.4, 0.5) is 5.95 Å². The Balaban J connectivity index is 1.38. The second-order valence-electron chi connectivity index (χ2n) is 8.34. The fourth-order valence-electron chi connectivity index (χ4n) is 4.50. The average Bonchev–Trinajstić information content (AvgIpc) is 3.08. The van der Waals surface area contributed by atoms with Crippen LogP contribution in [-0.2, 0) is 13.1 Å². The molecule has 4 rings (SSSR count). The van der Waals surface area contributed by atoms with Gasteiger partial charge in [-0.2, -0.15) is 5.10 Å². The standard InChI is InChI=1S/C22H32N6O/c1-3-9-28-16-19(17(2)25-28)15-26-12-7-18(8-13-26)20-14-21(29)24-22(23-20)27-10-5-4-6-11-27/h3,14,16,18H,1,4-13,15H2,2H3,(H,23,24,29). The molecular weight excluding hydrogens is 364 g/mol. The van der Waals surface area contributed by atoms with Gasteiger partial charge in [0.2, 0.25) is 5.95 Å². The zero-order valence-corrected chi connectivity index (χ0v) is 17.4. The molecule has 2 aromatic rings. The van der Waals surface area contributed by atoms with Gasteiger partial charge in [0.15, 0.2) is 0 Å². The summed E-state index contributed by atoms with van der Waals surface area (Å²) in [6.07, 6.45) is 9.70. The molecule has 0 atom stereocenters. The van der Waals surface area contributed by atoms with Gasteiger partial charge in [-0.3, -0.25) is 19.4 Å². The van der Waals surface area contributed by atoms with Crippen molar-refractivity contribution in [2.45, 2.75) is 58.0 Å². The maximum absolute atomic E-state index is 12.2. The Labute approximate surface area is 172 Å². The fraction of sp³-hybridized carbons (Fsp3) is 0.591. The van der Waals surface area contributed by atoms with Crippen molar-refractivity contribution in [2.24, 2.45) is 0 Å². The zero-order valence-electron chi connectivity index (χ0n) is 17.4. The zero-order chi connectivity index (χ0) is 20.2. The third-order valence-corrected chi connectivity index (χ3v) is 6.17. The quantitative estimate of drug-likeness (QED) is 0.761. The predicted molar refractivity (Wildman–Crippen MR) is 115 cm³/mol. The minimum Gasteiger partial charge on any atom is -0.342 e. The van der Waals surface area contributed by atoms with Crippen LogP contribution in [0.25, 0.3) is 0 Å². The number of rotatable bonds is 6. The summed E-state index contributed by atoms with van der Waals surface area (Å²) in [7, 11) is 0. The Morgan fingerprint density at radius 2 is 1.97 bits per heavy atom. The lowest BCUT2D eigenvalue weighted by atomic mass is 9.93. The topological polar surface area (TPSA) is 70.1 Å². The average molecular weight is 397 g/mol. The summed E-state index contributed by atoms with van der Waals surface area (Å²) in [6.45, 7) is 11.5. The highest BCUT2D eigenvalue weighted by molar-refractivity contribution is 5.31. The molecule has 0 unspecified atom stereocenters. The van der Waals surface area contributed by atoms with Crippen LogP contribution >= 0.6 is 0 Å². The summed E-state index contributed by atoms with van der Waals surface area (Å²) in [5.41, 5.74) is 3.32. The van der Waals surface area contributed by atoms with Gasteiger partial charge in [-0.15, -0.1) is 6.58 Å². The van der Waals surface area contributed by atoms with Crippen LogP contribution in [0.15, 0.2) is 29.7 Å². The Hall–Kier alpha value is -2.41. The molecule has 2 aromatic heterocycles. The highest BCUT2D eigenvalue weighted by atomic mass is 16.1. The van der Waals surface area contributed by atoms with E-state index in [9.17, 15) is 4.79 Å². The fourth-order valence-corrected chi connectivity index (χ4v) is 4.50. The van der Waals surface area contributed by atoms with Gasteiger partial charge in [0.05, 0.1) is 17.9 Å². The predicted octanol–water partition coefficient (Wildman–Crippen LogP) is 2.83. The summed E-state index contributed by atoms with van der Waals surface area (Å²) in [5, 5.41) is 4.56. The maximum atomic E-state index is 12.2. The first-order valence-corrected chi connectivity index (χ1v) is 10.8. The van der Waals surface area contributed by atoms with E-state index < -0.39 is 0 Å². The summed E-state index contributed by atoms with van der Waals surface area (Å²) in [5.74, 6) is 1.13. The lowest BCUT2D eigenvalue weighted by molar-refractivity contribution is 0.203. The smallest absolute Gasteiger partial charge is 0.252 e. The lowest BCUT2D eigenvalue weighted by Gasteiger charge is -2.32. The van der Waals surface area contributed by atoms with Gasteiger partial charge < -0.3 is 4.90 Å². The molecule has 2 fully saturated rings. The van der Waals surface area contributed by atoms with E-state index in [0.717, 1.165) is 69.4 Å². The van der Waals surface area contributed by atoms with Crippen molar-refractivity contribution in [3.8, 4) is 0 Å². The minimum absolute atomic E-state index is 0.0248. The highest BCUT2D eigenvalue weighted by Crippen LogP contribution is 2.28. The number of H-pyrrole nitrogens is 1.